The van der Waals surface area contributed by atoms with Gasteiger partial charge in [0.25, 0.3) is 0 Å². The normalized spacial score (nSPS) is 12.2. The zero-order valence-corrected chi connectivity index (χ0v) is 16.9. The van der Waals surface area contributed by atoms with Crippen molar-refractivity contribution in [1.29, 1.82) is 0 Å². The van der Waals surface area contributed by atoms with Crippen LogP contribution in [0.5, 0.6) is 0 Å². The summed E-state index contributed by atoms with van der Waals surface area (Å²) >= 11 is 0. The molecular formula is C24H19N7. The average Bonchev–Trinajstić information content (AvgIpc) is 3.43. The summed E-state index contributed by atoms with van der Waals surface area (Å²) in [6.45, 7) is 5.59. The summed E-state index contributed by atoms with van der Waals surface area (Å²) < 4.78 is 0. The van der Waals surface area contributed by atoms with Gasteiger partial charge in [0.05, 0.1) is 40.5 Å². The highest BCUT2D eigenvalue weighted by atomic mass is 15.1. The molecule has 5 aromatic heterocycles. The van der Waals surface area contributed by atoms with Crippen LogP contribution in [0, 0.1) is 0 Å². The van der Waals surface area contributed by atoms with Crippen molar-refractivity contribution in [3.63, 3.8) is 0 Å². The first-order chi connectivity index (χ1) is 15.3. The lowest BCUT2D eigenvalue weighted by molar-refractivity contribution is 1.11. The number of allylic oxidation sites excluding steroid dienone is 2. The predicted molar refractivity (Wildman–Crippen MR) is 125 cm³/mol. The topological polar surface area (TPSA) is 95.5 Å². The molecule has 0 fully saturated rings. The highest BCUT2D eigenvalue weighted by Crippen LogP contribution is 2.33. The summed E-state index contributed by atoms with van der Waals surface area (Å²) in [4.78, 5) is 21.0. The Balaban J connectivity index is 1.65. The van der Waals surface area contributed by atoms with Crippen LogP contribution in [0.3, 0.4) is 0 Å². The quantitative estimate of drug-likeness (QED) is 0.394. The molecule has 0 amide bonds. The number of H-pyrrole nitrogens is 2. The Hall–Kier alpha value is -4.39. The van der Waals surface area contributed by atoms with Gasteiger partial charge in [-0.15, -0.1) is 0 Å². The lowest BCUT2D eigenvalue weighted by atomic mass is 10.1. The average molecular weight is 405 g/mol. The van der Waals surface area contributed by atoms with Crippen molar-refractivity contribution in [2.24, 2.45) is 4.99 Å². The molecule has 0 aliphatic rings. The van der Waals surface area contributed by atoms with Crippen LogP contribution in [-0.2, 0) is 0 Å². The van der Waals surface area contributed by atoms with E-state index < -0.39 is 0 Å². The third-order valence-electron chi connectivity index (χ3n) is 5.11. The molecule has 7 heteroatoms. The Morgan fingerprint density at radius 2 is 2.00 bits per heavy atom. The molecule has 0 aliphatic heterocycles. The third-order valence-corrected chi connectivity index (χ3v) is 5.11. The molecule has 0 spiro atoms. The van der Waals surface area contributed by atoms with Gasteiger partial charge in [0.2, 0.25) is 0 Å². The van der Waals surface area contributed by atoms with Crippen LogP contribution in [0.1, 0.15) is 12.6 Å². The maximum atomic E-state index is 4.55. The van der Waals surface area contributed by atoms with Crippen molar-refractivity contribution < 1.29 is 0 Å². The van der Waals surface area contributed by atoms with Crippen LogP contribution in [0.4, 0.5) is 0 Å². The van der Waals surface area contributed by atoms with Gasteiger partial charge in [-0.05, 0) is 31.2 Å². The minimum absolute atomic E-state index is 0.815. The van der Waals surface area contributed by atoms with E-state index in [-0.39, 0.29) is 0 Å². The largest absolute Gasteiger partial charge is 0.352 e. The number of aromatic nitrogens is 6. The van der Waals surface area contributed by atoms with E-state index in [9.17, 15) is 0 Å². The summed E-state index contributed by atoms with van der Waals surface area (Å²) in [6, 6.07) is 9.96. The SMILES string of the molecule is C=CN=C/C(=C\C)c1cc2c(-c3cc4c(-c5ccccn5)cncc4[nH]3)n[nH]c2cn1. The van der Waals surface area contributed by atoms with Crippen LogP contribution in [-0.4, -0.2) is 36.3 Å². The molecule has 7 nitrogen and oxygen atoms in total. The molecule has 5 aromatic rings. The molecular weight excluding hydrogens is 386 g/mol. The summed E-state index contributed by atoms with van der Waals surface area (Å²) in [7, 11) is 0. The smallest absolute Gasteiger partial charge is 0.116 e. The van der Waals surface area contributed by atoms with Crippen molar-refractivity contribution in [1.82, 2.24) is 30.1 Å². The zero-order chi connectivity index (χ0) is 21.2. The molecule has 0 radical (unpaired) electrons. The monoisotopic (exact) mass is 405 g/mol. The van der Waals surface area contributed by atoms with Gasteiger partial charge in [-0.25, -0.2) is 0 Å². The molecule has 150 valence electrons. The van der Waals surface area contributed by atoms with E-state index >= 15 is 0 Å². The lowest BCUT2D eigenvalue weighted by Gasteiger charge is -2.01. The van der Waals surface area contributed by atoms with E-state index in [2.05, 4.69) is 47.8 Å². The van der Waals surface area contributed by atoms with E-state index in [4.69, 9.17) is 0 Å². The summed E-state index contributed by atoms with van der Waals surface area (Å²) in [5.74, 6) is 0. The number of fused-ring (bicyclic) bond motifs is 2. The van der Waals surface area contributed by atoms with Gasteiger partial charge >= 0.3 is 0 Å². The van der Waals surface area contributed by atoms with Gasteiger partial charge in [0, 0.05) is 46.7 Å². The fourth-order valence-corrected chi connectivity index (χ4v) is 3.61. The third kappa shape index (κ3) is 3.32. The number of hydrogen-bond donors (Lipinski definition) is 2. The first-order valence-corrected chi connectivity index (χ1v) is 9.82. The van der Waals surface area contributed by atoms with Gasteiger partial charge in [-0.2, -0.15) is 5.10 Å². The molecule has 5 rings (SSSR count). The molecule has 0 atom stereocenters. The molecule has 0 unspecified atom stereocenters. The van der Waals surface area contributed by atoms with E-state index in [1.165, 1.54) is 6.20 Å². The highest BCUT2D eigenvalue weighted by Gasteiger charge is 2.15. The highest BCUT2D eigenvalue weighted by molar-refractivity contribution is 6.10. The second kappa shape index (κ2) is 7.79. The van der Waals surface area contributed by atoms with E-state index in [0.29, 0.717) is 0 Å². The molecule has 0 aromatic carbocycles. The van der Waals surface area contributed by atoms with E-state index in [1.54, 1.807) is 18.6 Å². The van der Waals surface area contributed by atoms with Crippen LogP contribution in [0.15, 0.2) is 79.0 Å². The predicted octanol–water partition coefficient (Wildman–Crippen LogP) is 5.18. The minimum atomic E-state index is 0.815. The number of pyridine rings is 3. The Kier molecular flexibility index (Phi) is 4.68. The van der Waals surface area contributed by atoms with Crippen molar-refractivity contribution in [2.45, 2.75) is 6.92 Å². The van der Waals surface area contributed by atoms with Crippen molar-refractivity contribution in [2.75, 3.05) is 0 Å². The molecule has 0 saturated carbocycles. The number of nitrogens with one attached hydrogen (secondary N) is 2. The Labute approximate surface area is 178 Å². The Bertz CT molecular complexity index is 1460. The first-order valence-electron chi connectivity index (χ1n) is 9.82. The number of rotatable bonds is 5. The van der Waals surface area contributed by atoms with Gasteiger partial charge in [0.15, 0.2) is 0 Å². The van der Waals surface area contributed by atoms with E-state index in [0.717, 1.165) is 55.7 Å². The van der Waals surface area contributed by atoms with Gasteiger partial charge in [-0.3, -0.25) is 25.0 Å². The summed E-state index contributed by atoms with van der Waals surface area (Å²) in [5, 5.41) is 9.64. The molecule has 0 saturated heterocycles. The van der Waals surface area contributed by atoms with Crippen LogP contribution < -0.4 is 0 Å². The van der Waals surface area contributed by atoms with Gasteiger partial charge in [0.1, 0.15) is 5.69 Å². The van der Waals surface area contributed by atoms with Crippen molar-refractivity contribution >= 4 is 33.6 Å². The van der Waals surface area contributed by atoms with E-state index in [1.807, 2.05) is 49.7 Å². The van der Waals surface area contributed by atoms with Crippen LogP contribution >= 0.6 is 0 Å². The lowest BCUT2D eigenvalue weighted by Crippen LogP contribution is -1.90. The molecule has 0 aliphatic carbocycles. The molecule has 5 heterocycles. The van der Waals surface area contributed by atoms with Crippen LogP contribution in [0.2, 0.25) is 0 Å². The van der Waals surface area contributed by atoms with Gasteiger partial charge < -0.3 is 4.98 Å². The van der Waals surface area contributed by atoms with Crippen LogP contribution in [0.25, 0.3) is 50.0 Å². The Morgan fingerprint density at radius 1 is 1.06 bits per heavy atom. The second-order valence-corrected chi connectivity index (χ2v) is 6.94. The fourth-order valence-electron chi connectivity index (χ4n) is 3.61. The number of hydrogen-bond acceptors (Lipinski definition) is 5. The Morgan fingerprint density at radius 3 is 2.81 bits per heavy atom. The number of nitrogens with zero attached hydrogens (tertiary/aromatic N) is 5. The fraction of sp³-hybridized carbons (Fsp3) is 0.0417. The minimum Gasteiger partial charge on any atom is -0.352 e. The zero-order valence-electron chi connectivity index (χ0n) is 16.9. The number of aliphatic imine (C=N–C) groups is 1. The number of aromatic amines is 2. The first kappa shape index (κ1) is 18.6. The maximum absolute atomic E-state index is 4.55. The van der Waals surface area contributed by atoms with Gasteiger partial charge in [-0.1, -0.05) is 18.7 Å². The second-order valence-electron chi connectivity index (χ2n) is 6.94. The molecule has 31 heavy (non-hydrogen) atoms. The standard InChI is InChI=1S/C24H19N7/c1-3-15(11-25-4-2)20-10-17-23(14-28-20)30-31-24(17)21-9-16-18(12-26-13-22(16)29-21)19-7-5-6-8-27-19/h3-14,29H,2H2,1H3,(H,30,31)/b15-3+,25-11?. The van der Waals surface area contributed by atoms with Crippen molar-refractivity contribution in [3.05, 3.63) is 79.7 Å². The molecule has 0 bridgehead atoms. The molecule has 2 N–H and O–H groups in total. The summed E-state index contributed by atoms with van der Waals surface area (Å²) in [6.07, 6.45) is 12.4. The summed E-state index contributed by atoms with van der Waals surface area (Å²) in [5.41, 5.74) is 7.07. The van der Waals surface area contributed by atoms with Crippen molar-refractivity contribution in [3.8, 4) is 22.6 Å². The maximum Gasteiger partial charge on any atom is 0.116 e.